The third kappa shape index (κ3) is 2.25. The summed E-state index contributed by atoms with van der Waals surface area (Å²) in [5.41, 5.74) is 0. The summed E-state index contributed by atoms with van der Waals surface area (Å²) in [5.74, 6) is 0. The highest BCUT2D eigenvalue weighted by Crippen LogP contribution is 2.23. The molecule has 1 aliphatic heterocycles. The maximum absolute atomic E-state index is 5.22. The van der Waals surface area contributed by atoms with E-state index in [0.717, 1.165) is 13.2 Å². The van der Waals surface area contributed by atoms with E-state index in [2.05, 4.69) is 32.6 Å². The molecule has 0 bridgehead atoms. The molecule has 1 aliphatic rings. The molecule has 0 unspecified atom stereocenters. The molecule has 0 aromatic carbocycles. The monoisotopic (exact) mass is 259 g/mol. The van der Waals surface area contributed by atoms with Crippen LogP contribution >= 0.6 is 30.3 Å². The molecule has 0 aliphatic carbocycles. The molecule has 1 atom stereocenters. The minimum atomic E-state index is 0.645. The van der Waals surface area contributed by atoms with Crippen molar-refractivity contribution in [2.24, 2.45) is 0 Å². The summed E-state index contributed by atoms with van der Waals surface area (Å²) < 4.78 is 7.47. The van der Waals surface area contributed by atoms with Gasteiger partial charge in [0.15, 0.2) is 0 Å². The summed E-state index contributed by atoms with van der Waals surface area (Å²) >= 11 is 2.29. The molecular formula is C5H10INOS. The van der Waals surface area contributed by atoms with Crippen molar-refractivity contribution < 1.29 is 4.74 Å². The molecule has 1 saturated heterocycles. The molecule has 1 fully saturated rings. The smallest absolute Gasteiger partial charge is 0.0632 e. The second kappa shape index (κ2) is 4.00. The van der Waals surface area contributed by atoms with Crippen LogP contribution in [0, 0.1) is 0 Å². The predicted octanol–water partition coefficient (Wildman–Crippen LogP) is 1.71. The molecule has 1 rings (SSSR count). The van der Waals surface area contributed by atoms with Gasteiger partial charge in [0.1, 0.15) is 0 Å². The lowest BCUT2D eigenvalue weighted by Gasteiger charge is -2.17. The van der Waals surface area contributed by atoms with Crippen molar-refractivity contribution in [1.29, 1.82) is 0 Å². The molecule has 1 heterocycles. The van der Waals surface area contributed by atoms with Gasteiger partial charge in [0.25, 0.3) is 0 Å². The van der Waals surface area contributed by atoms with Gasteiger partial charge in [0.2, 0.25) is 0 Å². The minimum absolute atomic E-state index is 0.645. The standard InChI is InChI=1S/C5H10INOS/c1-7(9-6)5-2-3-8-4-5/h5H,2-4H2,1H3/t5-/m0/s1. The van der Waals surface area contributed by atoms with Gasteiger partial charge in [-0.15, -0.1) is 0 Å². The van der Waals surface area contributed by atoms with E-state index >= 15 is 0 Å². The number of ether oxygens (including phenoxy) is 1. The summed E-state index contributed by atoms with van der Waals surface area (Å²) in [6, 6.07) is 0.645. The molecular weight excluding hydrogens is 249 g/mol. The van der Waals surface area contributed by atoms with Crippen molar-refractivity contribution in [3.05, 3.63) is 0 Å². The summed E-state index contributed by atoms with van der Waals surface area (Å²) in [5, 5.41) is 0. The number of nitrogens with zero attached hydrogens (tertiary/aromatic N) is 1. The first-order valence-electron chi connectivity index (χ1n) is 2.94. The minimum Gasteiger partial charge on any atom is -0.380 e. The molecule has 0 aromatic heterocycles. The molecule has 0 aromatic rings. The first kappa shape index (κ1) is 8.10. The molecule has 0 saturated carbocycles. The molecule has 0 N–H and O–H groups in total. The third-order valence-corrected chi connectivity index (χ3v) is 3.91. The maximum Gasteiger partial charge on any atom is 0.0632 e. The molecule has 2 nitrogen and oxygen atoms in total. The summed E-state index contributed by atoms with van der Waals surface area (Å²) in [7, 11) is 3.85. The van der Waals surface area contributed by atoms with Gasteiger partial charge in [-0.1, -0.05) is 0 Å². The third-order valence-electron chi connectivity index (χ3n) is 1.53. The van der Waals surface area contributed by atoms with Gasteiger partial charge in [-0.05, 0) is 22.6 Å². The van der Waals surface area contributed by atoms with Gasteiger partial charge in [-0.2, -0.15) is 0 Å². The van der Waals surface area contributed by atoms with Crippen molar-refractivity contribution in [2.45, 2.75) is 12.5 Å². The van der Waals surface area contributed by atoms with E-state index in [-0.39, 0.29) is 0 Å². The molecule has 0 spiro atoms. The molecule has 4 heteroatoms. The van der Waals surface area contributed by atoms with E-state index in [1.54, 1.807) is 9.12 Å². The highest BCUT2D eigenvalue weighted by molar-refractivity contribution is 14.2. The van der Waals surface area contributed by atoms with Crippen LogP contribution in [-0.4, -0.2) is 30.6 Å². The lowest BCUT2D eigenvalue weighted by molar-refractivity contribution is 0.183. The second-order valence-corrected chi connectivity index (χ2v) is 4.03. The number of rotatable bonds is 2. The molecule has 54 valence electrons. The Morgan fingerprint density at radius 3 is 3.00 bits per heavy atom. The van der Waals surface area contributed by atoms with Crippen molar-refractivity contribution in [3.8, 4) is 0 Å². The highest BCUT2D eigenvalue weighted by atomic mass is 127. The zero-order valence-electron chi connectivity index (χ0n) is 5.34. The van der Waals surface area contributed by atoms with Crippen molar-refractivity contribution in [1.82, 2.24) is 4.31 Å². The van der Waals surface area contributed by atoms with Gasteiger partial charge in [-0.25, -0.2) is 4.31 Å². The molecule has 9 heavy (non-hydrogen) atoms. The van der Waals surface area contributed by atoms with Crippen LogP contribution in [0.3, 0.4) is 0 Å². The molecule has 0 radical (unpaired) electrons. The van der Waals surface area contributed by atoms with Crippen LogP contribution in [0.25, 0.3) is 0 Å². The average molecular weight is 259 g/mol. The summed E-state index contributed by atoms with van der Waals surface area (Å²) in [6.45, 7) is 1.85. The Balaban J connectivity index is 2.24. The quantitative estimate of drug-likeness (QED) is 0.553. The van der Waals surface area contributed by atoms with Gasteiger partial charge in [0, 0.05) is 33.9 Å². The Hall–Kier alpha value is 1.00. The Morgan fingerprint density at radius 2 is 2.56 bits per heavy atom. The van der Waals surface area contributed by atoms with Crippen LogP contribution in [0.1, 0.15) is 6.42 Å². The Labute approximate surface area is 72.0 Å². The number of hydrogen-bond donors (Lipinski definition) is 0. The zero-order chi connectivity index (χ0) is 6.69. The van der Waals surface area contributed by atoms with E-state index < -0.39 is 0 Å². The summed E-state index contributed by atoms with van der Waals surface area (Å²) in [6.07, 6.45) is 1.19. The van der Waals surface area contributed by atoms with Crippen molar-refractivity contribution in [2.75, 3.05) is 20.3 Å². The van der Waals surface area contributed by atoms with Gasteiger partial charge in [-0.3, -0.25) is 0 Å². The lowest BCUT2D eigenvalue weighted by atomic mass is 10.3. The normalized spacial score (nSPS) is 27.7. The van der Waals surface area contributed by atoms with E-state index in [0.29, 0.717) is 6.04 Å². The first-order valence-corrected chi connectivity index (χ1v) is 6.25. The van der Waals surface area contributed by atoms with E-state index in [9.17, 15) is 0 Å². The van der Waals surface area contributed by atoms with E-state index in [1.165, 1.54) is 6.42 Å². The van der Waals surface area contributed by atoms with Crippen LogP contribution in [0.2, 0.25) is 0 Å². The zero-order valence-corrected chi connectivity index (χ0v) is 8.31. The number of likely N-dealkylation sites (N-methyl/N-ethyl adjacent to an activating group) is 1. The highest BCUT2D eigenvalue weighted by Gasteiger charge is 2.19. The van der Waals surface area contributed by atoms with Crippen molar-refractivity contribution >= 4 is 30.3 Å². The Bertz CT molecular complexity index is 87.0. The van der Waals surface area contributed by atoms with Crippen LogP contribution in [-0.2, 0) is 4.74 Å². The average Bonchev–Trinajstić information content (AvgIpc) is 2.37. The number of hydrogen-bond acceptors (Lipinski definition) is 3. The molecule has 0 amide bonds. The Kier molecular flexibility index (Phi) is 3.60. The topological polar surface area (TPSA) is 12.5 Å². The van der Waals surface area contributed by atoms with Crippen molar-refractivity contribution in [3.63, 3.8) is 0 Å². The largest absolute Gasteiger partial charge is 0.380 e. The fourth-order valence-corrected chi connectivity index (χ4v) is 2.11. The van der Waals surface area contributed by atoms with E-state index in [4.69, 9.17) is 4.74 Å². The Morgan fingerprint density at radius 1 is 1.78 bits per heavy atom. The summed E-state index contributed by atoms with van der Waals surface area (Å²) in [4.78, 5) is 0. The maximum atomic E-state index is 5.22. The SMILES string of the molecule is CN(SI)[C@H]1CCOC1. The van der Waals surface area contributed by atoms with Gasteiger partial charge in [0.05, 0.1) is 6.61 Å². The number of halogens is 1. The fourth-order valence-electron chi connectivity index (χ4n) is 0.865. The lowest BCUT2D eigenvalue weighted by Crippen LogP contribution is -2.24. The first-order chi connectivity index (χ1) is 4.34. The van der Waals surface area contributed by atoms with E-state index in [1.807, 2.05) is 0 Å². The fraction of sp³-hybridized carbons (Fsp3) is 1.00. The second-order valence-electron chi connectivity index (χ2n) is 2.13. The van der Waals surface area contributed by atoms with Crippen LogP contribution in [0.5, 0.6) is 0 Å². The van der Waals surface area contributed by atoms with Crippen LogP contribution in [0.15, 0.2) is 0 Å². The van der Waals surface area contributed by atoms with Gasteiger partial charge >= 0.3 is 0 Å². The van der Waals surface area contributed by atoms with Gasteiger partial charge < -0.3 is 4.74 Å². The predicted molar refractivity (Wildman–Crippen MR) is 48.6 cm³/mol. The van der Waals surface area contributed by atoms with Crippen LogP contribution in [0.4, 0.5) is 0 Å². The van der Waals surface area contributed by atoms with Crippen LogP contribution < -0.4 is 0 Å².